The third-order valence-corrected chi connectivity index (χ3v) is 10.2. The molecule has 0 bridgehead atoms. The van der Waals surface area contributed by atoms with Gasteiger partial charge >= 0.3 is 0 Å². The van der Waals surface area contributed by atoms with Crippen LogP contribution in [-0.4, -0.2) is 27.4 Å². The lowest BCUT2D eigenvalue weighted by atomic mass is 10.4. The quantitative estimate of drug-likeness (QED) is 0.630. The van der Waals surface area contributed by atoms with Crippen LogP contribution < -0.4 is 0 Å². The lowest BCUT2D eigenvalue weighted by Gasteiger charge is -2.19. The fraction of sp³-hybridized carbons (Fsp3) is 1.00. The Balaban J connectivity index is 3.46. The zero-order valence-corrected chi connectivity index (χ0v) is 13.1. The summed E-state index contributed by atoms with van der Waals surface area (Å²) in [5.41, 5.74) is 0. The van der Waals surface area contributed by atoms with Crippen LogP contribution in [0.4, 0.5) is 0 Å². The molecule has 0 rings (SSSR count). The number of rotatable bonds is 7. The first-order valence-electron chi connectivity index (χ1n) is 5.37. The van der Waals surface area contributed by atoms with Crippen molar-refractivity contribution in [1.29, 1.82) is 0 Å². The van der Waals surface area contributed by atoms with E-state index in [4.69, 9.17) is 8.23 Å². The monoisotopic (exact) mass is 236 g/mol. The Kier molecular flexibility index (Phi) is 8.28. The molecule has 2 nitrogen and oxygen atoms in total. The van der Waals surface area contributed by atoms with E-state index in [9.17, 15) is 0 Å². The van der Waals surface area contributed by atoms with Gasteiger partial charge in [0.15, 0.2) is 18.1 Å². The van der Waals surface area contributed by atoms with Crippen LogP contribution in [0.5, 0.6) is 0 Å². The van der Waals surface area contributed by atoms with Gasteiger partial charge in [0, 0.05) is 0 Å². The summed E-state index contributed by atoms with van der Waals surface area (Å²) in [7, 11) is -2.97. The van der Waals surface area contributed by atoms with Crippen molar-refractivity contribution in [3.63, 3.8) is 0 Å². The molecule has 0 aromatic heterocycles. The normalized spacial score (nSPS) is 16.2. The molecule has 0 N–H and O–H groups in total. The first-order valence-corrected chi connectivity index (χ1v) is 12.7. The second-order valence-corrected chi connectivity index (χ2v) is 11.5. The van der Waals surface area contributed by atoms with Crippen molar-refractivity contribution in [2.45, 2.75) is 52.0 Å². The lowest BCUT2D eigenvalue weighted by Crippen LogP contribution is -2.30. The van der Waals surface area contributed by atoms with E-state index < -0.39 is 27.4 Å². The molecule has 0 aromatic rings. The van der Waals surface area contributed by atoms with Gasteiger partial charge in [-0.2, -0.15) is 0 Å². The summed E-state index contributed by atoms with van der Waals surface area (Å²) in [6, 6.07) is 1.32. The van der Waals surface area contributed by atoms with Gasteiger partial charge in [0.1, 0.15) is 0 Å². The van der Waals surface area contributed by atoms with Crippen LogP contribution in [0.3, 0.4) is 0 Å². The van der Waals surface area contributed by atoms with Crippen LogP contribution in [-0.2, 0) is 8.23 Å². The van der Waals surface area contributed by atoms with Crippen LogP contribution in [0.15, 0.2) is 0 Å². The maximum atomic E-state index is 5.95. The maximum absolute atomic E-state index is 5.95. The molecule has 0 aliphatic heterocycles. The minimum atomic E-state index is -1.24. The lowest BCUT2D eigenvalue weighted by molar-refractivity contribution is 0.444. The van der Waals surface area contributed by atoms with Gasteiger partial charge < -0.3 is 8.23 Å². The summed E-state index contributed by atoms with van der Waals surface area (Å²) in [4.78, 5) is 0. The van der Waals surface area contributed by atoms with Gasteiger partial charge in [-0.3, -0.25) is 0 Å². The molecule has 5 heteroatoms. The van der Waals surface area contributed by atoms with Crippen molar-refractivity contribution in [3.8, 4) is 0 Å². The third kappa shape index (κ3) is 8.89. The van der Waals surface area contributed by atoms with E-state index in [0.29, 0.717) is 0 Å². The summed E-state index contributed by atoms with van der Waals surface area (Å²) in [6.07, 6.45) is 2.62. The number of hydrogen-bond donors (Lipinski definition) is 0. The fourth-order valence-corrected chi connectivity index (χ4v) is 9.35. The van der Waals surface area contributed by atoms with Gasteiger partial charge in [-0.25, -0.2) is 0 Å². The van der Waals surface area contributed by atoms with E-state index in [1.54, 1.807) is 0 Å². The molecule has 0 heterocycles. The van der Waals surface area contributed by atoms with Crippen molar-refractivity contribution in [1.82, 2.24) is 0 Å². The molecule has 0 fully saturated rings. The van der Waals surface area contributed by atoms with E-state index in [1.807, 2.05) is 0 Å². The predicted octanol–water partition coefficient (Wildman–Crippen LogP) is 2.01. The van der Waals surface area contributed by atoms with Crippen molar-refractivity contribution in [3.05, 3.63) is 0 Å². The van der Waals surface area contributed by atoms with Crippen molar-refractivity contribution in [2.24, 2.45) is 0 Å². The molecule has 13 heavy (non-hydrogen) atoms. The van der Waals surface area contributed by atoms with E-state index in [1.165, 1.54) is 18.9 Å². The average Bonchev–Trinajstić information content (AvgIpc) is 1.98. The Labute approximate surface area is 87.9 Å². The molecule has 80 valence electrons. The van der Waals surface area contributed by atoms with Crippen LogP contribution in [0.2, 0.25) is 32.2 Å². The minimum Gasteiger partial charge on any atom is -0.442 e. The second kappa shape index (κ2) is 7.93. The predicted molar refractivity (Wildman–Crippen MR) is 66.8 cm³/mol. The van der Waals surface area contributed by atoms with Gasteiger partial charge in [0.05, 0.1) is 0 Å². The van der Waals surface area contributed by atoms with Crippen molar-refractivity contribution < 1.29 is 8.23 Å². The molecular formula is C8H24O2Si3. The Hall–Kier alpha value is 0.571. The second-order valence-electron chi connectivity index (χ2n) is 3.84. The Morgan fingerprint density at radius 3 is 2.08 bits per heavy atom. The largest absolute Gasteiger partial charge is 0.442 e. The highest BCUT2D eigenvalue weighted by Gasteiger charge is 2.13. The van der Waals surface area contributed by atoms with Crippen LogP contribution >= 0.6 is 0 Å². The topological polar surface area (TPSA) is 18.5 Å². The summed E-state index contributed by atoms with van der Waals surface area (Å²) < 4.78 is 11.7. The molecule has 2 unspecified atom stereocenters. The summed E-state index contributed by atoms with van der Waals surface area (Å²) in [5, 5.41) is 0. The number of unbranched alkanes of at least 4 members (excludes halogenated alkanes) is 1. The van der Waals surface area contributed by atoms with Gasteiger partial charge in [-0.05, 0) is 32.2 Å². The molecule has 0 aliphatic carbocycles. The van der Waals surface area contributed by atoms with Crippen LogP contribution in [0, 0.1) is 0 Å². The van der Waals surface area contributed by atoms with E-state index >= 15 is 0 Å². The van der Waals surface area contributed by atoms with Crippen LogP contribution in [0.25, 0.3) is 0 Å². The standard InChI is InChI=1S/C8H24O2Si3/c1-6-7-8-12(4)10-13(5)9-11(2)3/h11-13H,6-8H2,1-5H3. The van der Waals surface area contributed by atoms with Gasteiger partial charge in [-0.15, -0.1) is 0 Å². The van der Waals surface area contributed by atoms with E-state index in [2.05, 4.69) is 33.1 Å². The average molecular weight is 237 g/mol. The molecule has 0 amide bonds. The zero-order chi connectivity index (χ0) is 10.3. The highest BCUT2D eigenvalue weighted by Crippen LogP contribution is 2.04. The maximum Gasteiger partial charge on any atom is 0.297 e. The van der Waals surface area contributed by atoms with Gasteiger partial charge in [0.2, 0.25) is 0 Å². The molecule has 0 aliphatic rings. The van der Waals surface area contributed by atoms with E-state index in [0.717, 1.165) is 0 Å². The molecule has 0 saturated heterocycles. The Morgan fingerprint density at radius 1 is 1.00 bits per heavy atom. The van der Waals surface area contributed by atoms with Crippen molar-refractivity contribution >= 4 is 27.4 Å². The molecule has 2 atom stereocenters. The van der Waals surface area contributed by atoms with Crippen LogP contribution in [0.1, 0.15) is 19.8 Å². The third-order valence-electron chi connectivity index (χ3n) is 1.85. The van der Waals surface area contributed by atoms with E-state index in [-0.39, 0.29) is 0 Å². The summed E-state index contributed by atoms with van der Waals surface area (Å²) in [6.45, 7) is 11.1. The summed E-state index contributed by atoms with van der Waals surface area (Å²) >= 11 is 0. The highest BCUT2D eigenvalue weighted by molar-refractivity contribution is 6.67. The number of hydrogen-bond acceptors (Lipinski definition) is 2. The zero-order valence-electron chi connectivity index (χ0n) is 9.67. The smallest absolute Gasteiger partial charge is 0.297 e. The first-order chi connectivity index (χ1) is 6.06. The van der Waals surface area contributed by atoms with Gasteiger partial charge in [0.25, 0.3) is 9.28 Å². The highest BCUT2D eigenvalue weighted by atomic mass is 28.4. The molecule has 0 spiro atoms. The fourth-order valence-electron chi connectivity index (χ4n) is 1.30. The minimum absolute atomic E-state index is 0.856. The molecule has 0 aromatic carbocycles. The summed E-state index contributed by atoms with van der Waals surface area (Å²) in [5.74, 6) is 0. The molecule has 0 radical (unpaired) electrons. The Morgan fingerprint density at radius 2 is 1.62 bits per heavy atom. The Bertz CT molecular complexity index is 122. The molecule has 0 saturated carbocycles. The van der Waals surface area contributed by atoms with Gasteiger partial charge in [-0.1, -0.05) is 19.8 Å². The molecular weight excluding hydrogens is 212 g/mol. The van der Waals surface area contributed by atoms with Crippen molar-refractivity contribution in [2.75, 3.05) is 0 Å². The SMILES string of the molecule is CCCC[SiH](C)O[SiH](C)O[SiH](C)C. The first kappa shape index (κ1) is 13.6.